The minimum atomic E-state index is -3.44. The van der Waals surface area contributed by atoms with Crippen molar-refractivity contribution < 1.29 is 17.9 Å². The van der Waals surface area contributed by atoms with Gasteiger partial charge in [-0.05, 0) is 18.2 Å². The molecule has 16 heavy (non-hydrogen) atoms. The molecule has 88 valence electrons. The van der Waals surface area contributed by atoms with Crippen molar-refractivity contribution >= 4 is 33.3 Å². The van der Waals surface area contributed by atoms with Crippen LogP contribution < -0.4 is 4.72 Å². The predicted molar refractivity (Wildman–Crippen MR) is 61.3 cm³/mol. The molecule has 0 saturated carbocycles. The molecule has 0 aromatic heterocycles. The third-order valence-electron chi connectivity index (χ3n) is 1.68. The third-order valence-corrected chi connectivity index (χ3v) is 2.60. The number of rotatable bonds is 3. The van der Waals surface area contributed by atoms with E-state index in [4.69, 9.17) is 11.6 Å². The molecule has 7 heteroatoms. The number of sulfonamides is 1. The van der Waals surface area contributed by atoms with E-state index >= 15 is 0 Å². The van der Waals surface area contributed by atoms with E-state index in [0.29, 0.717) is 0 Å². The van der Waals surface area contributed by atoms with E-state index in [9.17, 15) is 13.2 Å². The molecule has 0 unspecified atom stereocenters. The first-order valence-corrected chi connectivity index (χ1v) is 6.46. The zero-order valence-corrected chi connectivity index (χ0v) is 10.2. The Morgan fingerprint density at radius 3 is 2.56 bits per heavy atom. The number of anilines is 1. The molecule has 0 saturated heterocycles. The van der Waals surface area contributed by atoms with Crippen molar-refractivity contribution in [2.75, 3.05) is 18.1 Å². The molecule has 5 nitrogen and oxygen atoms in total. The Hall–Kier alpha value is -1.27. The van der Waals surface area contributed by atoms with Crippen molar-refractivity contribution in [2.45, 2.75) is 0 Å². The van der Waals surface area contributed by atoms with Gasteiger partial charge in [0.25, 0.3) is 0 Å². The van der Waals surface area contributed by atoms with Gasteiger partial charge < -0.3 is 4.74 Å². The highest BCUT2D eigenvalue weighted by molar-refractivity contribution is 7.92. The van der Waals surface area contributed by atoms with Crippen molar-refractivity contribution in [1.29, 1.82) is 0 Å². The number of methoxy groups -OCH3 is 1. The predicted octanol–water partition coefficient (Wildman–Crippen LogP) is 1.50. The molecule has 1 aromatic rings. The van der Waals surface area contributed by atoms with Crippen molar-refractivity contribution in [3.8, 4) is 0 Å². The van der Waals surface area contributed by atoms with Crippen molar-refractivity contribution in [3.63, 3.8) is 0 Å². The molecule has 0 fully saturated rings. The number of hydrogen-bond donors (Lipinski definition) is 1. The summed E-state index contributed by atoms with van der Waals surface area (Å²) in [5, 5.41) is 0.207. The van der Waals surface area contributed by atoms with E-state index in [0.717, 1.165) is 6.26 Å². The maximum atomic E-state index is 11.2. The van der Waals surface area contributed by atoms with Gasteiger partial charge in [-0.1, -0.05) is 11.6 Å². The van der Waals surface area contributed by atoms with Gasteiger partial charge in [-0.25, -0.2) is 13.2 Å². The van der Waals surface area contributed by atoms with Gasteiger partial charge in [0, 0.05) is 0 Å². The second-order valence-electron chi connectivity index (χ2n) is 3.06. The van der Waals surface area contributed by atoms with Crippen molar-refractivity contribution in [1.82, 2.24) is 0 Å². The van der Waals surface area contributed by atoms with E-state index in [2.05, 4.69) is 9.46 Å². The maximum absolute atomic E-state index is 11.2. The molecule has 1 rings (SSSR count). The van der Waals surface area contributed by atoms with Crippen LogP contribution in [0.15, 0.2) is 18.2 Å². The minimum Gasteiger partial charge on any atom is -0.465 e. The van der Waals surface area contributed by atoms with Crippen molar-refractivity contribution in [3.05, 3.63) is 28.8 Å². The lowest BCUT2D eigenvalue weighted by molar-refractivity contribution is 0.0601. The van der Waals surface area contributed by atoms with E-state index < -0.39 is 16.0 Å². The summed E-state index contributed by atoms with van der Waals surface area (Å²) in [6.07, 6.45) is 0.994. The van der Waals surface area contributed by atoms with Crippen LogP contribution in [0.1, 0.15) is 10.4 Å². The van der Waals surface area contributed by atoms with Gasteiger partial charge in [-0.2, -0.15) is 0 Å². The first-order chi connectivity index (χ1) is 7.33. The SMILES string of the molecule is COC(=O)c1ccc(Cl)c(NS(C)(=O)=O)c1. The lowest BCUT2D eigenvalue weighted by atomic mass is 10.2. The third kappa shape index (κ3) is 3.39. The second kappa shape index (κ2) is 4.71. The Labute approximate surface area is 98.4 Å². The highest BCUT2D eigenvalue weighted by atomic mass is 35.5. The van der Waals surface area contributed by atoms with Crippen LogP contribution in [-0.4, -0.2) is 27.8 Å². The van der Waals surface area contributed by atoms with Crippen LogP contribution in [0.4, 0.5) is 5.69 Å². The maximum Gasteiger partial charge on any atom is 0.337 e. The summed E-state index contributed by atoms with van der Waals surface area (Å²) in [7, 11) is -2.20. The van der Waals surface area contributed by atoms with Crippen LogP contribution >= 0.6 is 11.6 Å². The Balaban J connectivity index is 3.14. The molecular weight excluding hydrogens is 254 g/mol. The van der Waals surface area contributed by atoms with Crippen LogP contribution in [0.5, 0.6) is 0 Å². The molecule has 0 atom stereocenters. The summed E-state index contributed by atoms with van der Waals surface area (Å²) in [5.74, 6) is -0.562. The lowest BCUT2D eigenvalue weighted by Gasteiger charge is -2.07. The molecule has 0 aliphatic rings. The van der Waals surface area contributed by atoms with Crippen LogP contribution in [0.25, 0.3) is 0 Å². The molecule has 1 aromatic carbocycles. The summed E-state index contributed by atoms with van der Waals surface area (Å²) < 4.78 is 28.7. The highest BCUT2D eigenvalue weighted by Crippen LogP contribution is 2.24. The number of halogens is 1. The molecular formula is C9H10ClNO4S. The number of carbonyl (C=O) groups excluding carboxylic acids is 1. The molecule has 0 amide bonds. The number of esters is 1. The highest BCUT2D eigenvalue weighted by Gasteiger charge is 2.11. The summed E-state index contributed by atoms with van der Waals surface area (Å²) >= 11 is 5.77. The van der Waals surface area contributed by atoms with Crippen LogP contribution in [0.3, 0.4) is 0 Å². The first kappa shape index (κ1) is 12.8. The number of nitrogens with one attached hydrogen (secondary N) is 1. The Kier molecular flexibility index (Phi) is 3.77. The van der Waals surface area contributed by atoms with Crippen LogP contribution in [0, 0.1) is 0 Å². The summed E-state index contributed by atoms with van der Waals surface area (Å²) in [6, 6.07) is 4.18. The van der Waals surface area contributed by atoms with Gasteiger partial charge in [0.1, 0.15) is 0 Å². The standard InChI is InChI=1S/C9H10ClNO4S/c1-15-9(12)6-3-4-7(10)8(5-6)11-16(2,13)14/h3-5,11H,1-2H3. The minimum absolute atomic E-state index is 0.145. The molecule has 0 aliphatic carbocycles. The first-order valence-electron chi connectivity index (χ1n) is 4.19. The van der Waals surface area contributed by atoms with Crippen LogP contribution in [0.2, 0.25) is 5.02 Å². The molecule has 1 N–H and O–H groups in total. The summed E-state index contributed by atoms with van der Waals surface area (Å²) in [6.45, 7) is 0. The van der Waals surface area contributed by atoms with Gasteiger partial charge in [0.05, 0.1) is 29.6 Å². The summed E-state index contributed by atoms with van der Waals surface area (Å²) in [5.41, 5.74) is 0.366. The molecule has 0 radical (unpaired) electrons. The number of ether oxygens (including phenoxy) is 1. The average molecular weight is 264 g/mol. The second-order valence-corrected chi connectivity index (χ2v) is 5.22. The van der Waals surface area contributed by atoms with Crippen LogP contribution in [-0.2, 0) is 14.8 Å². The quantitative estimate of drug-likeness (QED) is 0.839. The number of hydrogen-bond acceptors (Lipinski definition) is 4. The van der Waals surface area contributed by atoms with E-state index in [1.807, 2.05) is 0 Å². The largest absolute Gasteiger partial charge is 0.465 e. The topological polar surface area (TPSA) is 72.5 Å². The van der Waals surface area contributed by atoms with Gasteiger partial charge >= 0.3 is 5.97 Å². The molecule has 0 heterocycles. The monoisotopic (exact) mass is 263 g/mol. The normalized spacial score (nSPS) is 10.9. The van der Waals surface area contributed by atoms with E-state index in [1.165, 1.54) is 25.3 Å². The van der Waals surface area contributed by atoms with Gasteiger partial charge in [-0.3, -0.25) is 4.72 Å². The fourth-order valence-corrected chi connectivity index (χ4v) is 1.84. The molecule has 0 aliphatic heterocycles. The number of benzene rings is 1. The zero-order valence-electron chi connectivity index (χ0n) is 8.65. The fourth-order valence-electron chi connectivity index (χ4n) is 1.05. The average Bonchev–Trinajstić information content (AvgIpc) is 2.18. The smallest absolute Gasteiger partial charge is 0.337 e. The van der Waals surface area contributed by atoms with Gasteiger partial charge in [0.2, 0.25) is 10.0 Å². The Bertz CT molecular complexity index is 512. The van der Waals surface area contributed by atoms with E-state index in [-0.39, 0.29) is 16.3 Å². The van der Waals surface area contributed by atoms with Crippen molar-refractivity contribution in [2.24, 2.45) is 0 Å². The zero-order chi connectivity index (χ0) is 12.3. The lowest BCUT2D eigenvalue weighted by Crippen LogP contribution is -2.11. The molecule has 0 spiro atoms. The Morgan fingerprint density at radius 1 is 1.44 bits per heavy atom. The fraction of sp³-hybridized carbons (Fsp3) is 0.222. The number of carbonyl (C=O) groups is 1. The molecule has 0 bridgehead atoms. The Morgan fingerprint density at radius 2 is 2.06 bits per heavy atom. The summed E-state index contributed by atoms with van der Waals surface area (Å²) in [4.78, 5) is 11.2. The van der Waals surface area contributed by atoms with Gasteiger partial charge in [-0.15, -0.1) is 0 Å². The van der Waals surface area contributed by atoms with E-state index in [1.54, 1.807) is 0 Å². The van der Waals surface area contributed by atoms with Gasteiger partial charge in [0.15, 0.2) is 0 Å².